The lowest BCUT2D eigenvalue weighted by Crippen LogP contribution is -2.49. The number of halogens is 1. The molecule has 57 heavy (non-hydrogen) atoms. The number of aromatic nitrogens is 2. The number of nitrogens with zero attached hydrogens (tertiary/aromatic N) is 4. The number of amides is 4. The van der Waals surface area contributed by atoms with E-state index < -0.39 is 52.7 Å². The van der Waals surface area contributed by atoms with Gasteiger partial charge in [-0.3, -0.25) is 33.6 Å². The maximum atomic E-state index is 15.2. The Hall–Kier alpha value is -5.59. The third kappa shape index (κ3) is 5.29. The van der Waals surface area contributed by atoms with Crippen LogP contribution in [0.2, 0.25) is 5.02 Å². The van der Waals surface area contributed by atoms with Gasteiger partial charge in [0.1, 0.15) is 11.5 Å². The number of hydrogen-bond donors (Lipinski definition) is 1. The predicted molar refractivity (Wildman–Crippen MR) is 217 cm³/mol. The van der Waals surface area contributed by atoms with Crippen LogP contribution in [0.15, 0.2) is 78.4 Å². The number of aromatic hydroxyl groups is 1. The van der Waals surface area contributed by atoms with Crippen molar-refractivity contribution in [3.05, 3.63) is 100 Å². The number of allylic oxidation sites excluding steroid dienone is 2. The lowest BCUT2D eigenvalue weighted by molar-refractivity contribution is -0.131. The summed E-state index contributed by atoms with van der Waals surface area (Å²) in [6.45, 7) is 7.32. The van der Waals surface area contributed by atoms with Gasteiger partial charge in [-0.15, -0.1) is 11.3 Å². The molecule has 290 valence electrons. The van der Waals surface area contributed by atoms with Crippen LogP contribution in [0.25, 0.3) is 20.7 Å². The minimum atomic E-state index is -1.39. The Balaban J connectivity index is 1.15. The molecule has 2 aliphatic carbocycles. The summed E-state index contributed by atoms with van der Waals surface area (Å²) in [6.07, 6.45) is 2.32. The minimum absolute atomic E-state index is 0.135. The quantitative estimate of drug-likeness (QED) is 0.0993. The van der Waals surface area contributed by atoms with Crippen molar-refractivity contribution in [1.82, 2.24) is 9.78 Å². The van der Waals surface area contributed by atoms with Gasteiger partial charge in [0.05, 0.1) is 40.3 Å². The number of hydrogen-bond acceptors (Lipinski definition) is 9. The predicted octanol–water partition coefficient (Wildman–Crippen LogP) is 8.01. The molecule has 3 fully saturated rings. The average Bonchev–Trinajstić information content (AvgIpc) is 3.86. The van der Waals surface area contributed by atoms with Crippen molar-refractivity contribution >= 4 is 73.9 Å². The first-order valence-electron chi connectivity index (χ1n) is 19.0. The van der Waals surface area contributed by atoms with Gasteiger partial charge in [0.2, 0.25) is 23.6 Å². The molecule has 0 spiro atoms. The van der Waals surface area contributed by atoms with Gasteiger partial charge in [-0.2, -0.15) is 5.10 Å². The van der Waals surface area contributed by atoms with Gasteiger partial charge in [0.25, 0.3) is 0 Å². The molecule has 4 aliphatic rings. The first-order valence-corrected chi connectivity index (χ1v) is 20.2. The van der Waals surface area contributed by atoms with Crippen molar-refractivity contribution in [2.75, 3.05) is 16.4 Å². The monoisotopic (exact) mass is 802 g/mol. The van der Waals surface area contributed by atoms with E-state index >= 15 is 4.79 Å². The Labute approximate surface area is 337 Å². The van der Waals surface area contributed by atoms with E-state index in [2.05, 4.69) is 0 Å². The van der Waals surface area contributed by atoms with Crippen LogP contribution in [0.4, 0.5) is 11.5 Å². The lowest BCUT2D eigenvalue weighted by Gasteiger charge is -2.49. The molecule has 4 amide bonds. The maximum absolute atomic E-state index is 15.2. The molecular weight excluding hydrogens is 764 g/mol. The number of phenolic OH excluding ortho intramolecular Hbond substituents is 1. The van der Waals surface area contributed by atoms with Crippen LogP contribution in [-0.4, -0.2) is 50.9 Å². The van der Waals surface area contributed by atoms with Crippen molar-refractivity contribution in [3.8, 4) is 22.1 Å². The molecule has 1 N–H and O–H groups in total. The molecule has 3 aromatic carbocycles. The fraction of sp³-hybridized carbons (Fsp3) is 0.318. The molecule has 6 atom stereocenters. The van der Waals surface area contributed by atoms with Crippen LogP contribution in [0.3, 0.4) is 0 Å². The summed E-state index contributed by atoms with van der Waals surface area (Å²) in [5.74, 6) is -5.18. The van der Waals surface area contributed by atoms with Crippen molar-refractivity contribution in [1.29, 1.82) is 0 Å². The van der Waals surface area contributed by atoms with Gasteiger partial charge in [-0.25, -0.2) is 4.90 Å². The zero-order valence-corrected chi connectivity index (χ0v) is 33.5. The van der Waals surface area contributed by atoms with Crippen LogP contribution in [-0.2, 0) is 26.2 Å². The summed E-state index contributed by atoms with van der Waals surface area (Å²) in [5.41, 5.74) is 2.17. The Morgan fingerprint density at radius 2 is 1.75 bits per heavy atom. The number of Topliss-reactive ketones (excluding diaryl/α,β-unsaturated/α-hetero) is 1. The fourth-order valence-electron chi connectivity index (χ4n) is 9.94. The normalized spacial score (nSPS) is 25.5. The summed E-state index contributed by atoms with van der Waals surface area (Å²) in [6, 6.07) is 19.0. The van der Waals surface area contributed by atoms with Crippen LogP contribution in [0.5, 0.6) is 11.5 Å². The molecule has 11 nitrogen and oxygen atoms in total. The summed E-state index contributed by atoms with van der Waals surface area (Å²) >= 11 is 7.88. The number of phenols is 1. The van der Waals surface area contributed by atoms with Gasteiger partial charge in [-0.05, 0) is 106 Å². The number of para-hydroxylation sites is 1. The standard InChI is InChI=1S/C44H39ClN4O7S/c1-6-56-33-9-7-8-28(38(33)51)37-26-15-16-27-36(42(54)48(40(27)52)25-13-10-23(11-14-25)22(3)50)30(26)19-31-41(53)49(43(55)44(31,37)4)35-20-32(46-47(35)5)39-21(2)29-18-24(45)12-17-34(29)57-39/h7-15,17-18,20,27,30-31,36-37,51H,6,16,19H2,1-5H3/t27-,30+,31-,36-,37+,44+/m0/s1. The zero-order valence-electron chi connectivity index (χ0n) is 31.9. The number of anilines is 2. The Bertz CT molecular complexity index is 2630. The molecule has 0 bridgehead atoms. The highest BCUT2D eigenvalue weighted by Gasteiger charge is 2.68. The molecule has 5 aromatic rings. The average molecular weight is 803 g/mol. The number of fused-ring (bicyclic) bond motifs is 5. The number of carbonyl (C=O) groups excluding carboxylic acids is 5. The largest absolute Gasteiger partial charge is 0.504 e. The van der Waals surface area contributed by atoms with E-state index in [4.69, 9.17) is 21.4 Å². The fourth-order valence-corrected chi connectivity index (χ4v) is 11.3. The lowest BCUT2D eigenvalue weighted by atomic mass is 9.51. The van der Waals surface area contributed by atoms with E-state index in [1.165, 1.54) is 16.7 Å². The third-order valence-corrected chi connectivity index (χ3v) is 14.2. The Morgan fingerprint density at radius 3 is 2.47 bits per heavy atom. The van der Waals surface area contributed by atoms with E-state index in [9.17, 15) is 24.3 Å². The number of rotatable bonds is 7. The molecule has 0 radical (unpaired) electrons. The molecule has 0 unspecified atom stereocenters. The van der Waals surface area contributed by atoms with Crippen molar-refractivity contribution in [2.24, 2.45) is 36.1 Å². The van der Waals surface area contributed by atoms with Crippen LogP contribution in [0, 0.1) is 36.0 Å². The van der Waals surface area contributed by atoms with Gasteiger partial charge >= 0.3 is 0 Å². The first-order chi connectivity index (χ1) is 27.3. The van der Waals surface area contributed by atoms with E-state index in [0.29, 0.717) is 33.3 Å². The van der Waals surface area contributed by atoms with Crippen LogP contribution >= 0.6 is 22.9 Å². The summed E-state index contributed by atoms with van der Waals surface area (Å²) in [5, 5.41) is 18.2. The van der Waals surface area contributed by atoms with Gasteiger partial charge < -0.3 is 9.84 Å². The summed E-state index contributed by atoms with van der Waals surface area (Å²) < 4.78 is 8.37. The van der Waals surface area contributed by atoms with Crippen LogP contribution < -0.4 is 14.5 Å². The highest BCUT2D eigenvalue weighted by molar-refractivity contribution is 7.22. The Kier molecular flexibility index (Phi) is 8.60. The second-order valence-electron chi connectivity index (χ2n) is 15.6. The number of ether oxygens (including phenoxy) is 1. The number of thiophene rings is 1. The van der Waals surface area contributed by atoms with Gasteiger partial charge in [-0.1, -0.05) is 35.4 Å². The van der Waals surface area contributed by atoms with E-state index in [0.717, 1.165) is 26.1 Å². The zero-order chi connectivity index (χ0) is 40.2. The van der Waals surface area contributed by atoms with E-state index in [1.807, 2.05) is 31.2 Å². The highest BCUT2D eigenvalue weighted by atomic mass is 35.5. The number of benzene rings is 3. The second kappa shape index (κ2) is 13.2. The molecule has 2 saturated heterocycles. The Morgan fingerprint density at radius 1 is 1.00 bits per heavy atom. The van der Waals surface area contributed by atoms with Crippen LogP contribution in [0.1, 0.15) is 61.0 Å². The molecular formula is C44H39ClN4O7S. The number of aryl methyl sites for hydroxylation is 2. The SMILES string of the molecule is CCOc1cccc([C@H]2C3=CC[C@@H]4C(=O)N(c5ccc(C(C)=O)cc5)C(=O)[C@@H]4[C@@H]3C[C@H]3C(=O)N(c4cc(-c5sc6ccc(Cl)cc6c5C)nn4C)C(=O)[C@@]23C)c1O. The second-order valence-corrected chi connectivity index (χ2v) is 17.1. The molecule has 4 heterocycles. The van der Waals surface area contributed by atoms with Gasteiger partial charge in [0.15, 0.2) is 17.3 Å². The van der Waals surface area contributed by atoms with Crippen molar-refractivity contribution in [2.45, 2.75) is 46.5 Å². The summed E-state index contributed by atoms with van der Waals surface area (Å²) in [7, 11) is 1.70. The van der Waals surface area contributed by atoms with E-state index in [-0.39, 0.29) is 42.6 Å². The van der Waals surface area contributed by atoms with E-state index in [1.54, 1.807) is 85.4 Å². The smallest absolute Gasteiger partial charge is 0.242 e. The van der Waals surface area contributed by atoms with Crippen molar-refractivity contribution < 1.29 is 33.8 Å². The van der Waals surface area contributed by atoms with Gasteiger partial charge in [0, 0.05) is 39.9 Å². The molecule has 2 aromatic heterocycles. The highest BCUT2D eigenvalue weighted by Crippen LogP contribution is 2.65. The first kappa shape index (κ1) is 37.0. The topological polar surface area (TPSA) is 139 Å². The third-order valence-electron chi connectivity index (χ3n) is 12.7. The van der Waals surface area contributed by atoms with Crippen molar-refractivity contribution in [3.63, 3.8) is 0 Å². The molecule has 9 rings (SSSR count). The minimum Gasteiger partial charge on any atom is -0.504 e. The number of imide groups is 2. The molecule has 13 heteroatoms. The maximum Gasteiger partial charge on any atom is 0.242 e. The summed E-state index contributed by atoms with van der Waals surface area (Å²) in [4.78, 5) is 74.1. The number of ketones is 1. The molecule has 2 aliphatic heterocycles. The molecule has 1 saturated carbocycles. The number of carbonyl (C=O) groups is 5.